The van der Waals surface area contributed by atoms with Crippen LogP contribution in [0, 0.1) is 13.8 Å². The van der Waals surface area contributed by atoms with E-state index in [0.717, 1.165) is 36.5 Å². The molecule has 1 aromatic carbocycles. The summed E-state index contributed by atoms with van der Waals surface area (Å²) >= 11 is 0. The maximum Gasteiger partial charge on any atom is 0.256 e. The van der Waals surface area contributed by atoms with Gasteiger partial charge < -0.3 is 4.74 Å². The lowest BCUT2D eigenvalue weighted by atomic mass is 10.1. The first kappa shape index (κ1) is 12.9. The third-order valence-electron chi connectivity index (χ3n) is 3.91. The molecular formula is C16H18N2O2. The van der Waals surface area contributed by atoms with E-state index in [1.54, 1.807) is 10.9 Å². The Bertz CT molecular complexity index is 704. The van der Waals surface area contributed by atoms with Crippen LogP contribution in [-0.4, -0.2) is 16.2 Å². The highest BCUT2D eigenvalue weighted by Crippen LogP contribution is 2.26. The van der Waals surface area contributed by atoms with Crippen LogP contribution in [0.5, 0.6) is 5.75 Å². The van der Waals surface area contributed by atoms with Crippen molar-refractivity contribution in [2.75, 3.05) is 6.61 Å². The molecule has 0 atom stereocenters. The fraction of sp³-hybridized carbons (Fsp3) is 0.375. The number of benzene rings is 1. The lowest BCUT2D eigenvalue weighted by Crippen LogP contribution is -2.24. The van der Waals surface area contributed by atoms with E-state index >= 15 is 0 Å². The minimum Gasteiger partial charge on any atom is -0.493 e. The van der Waals surface area contributed by atoms with Crippen molar-refractivity contribution in [1.29, 1.82) is 0 Å². The monoisotopic (exact) mass is 270 g/mol. The van der Waals surface area contributed by atoms with Gasteiger partial charge in [-0.25, -0.2) is 4.98 Å². The molecule has 0 N–H and O–H groups in total. The van der Waals surface area contributed by atoms with Crippen molar-refractivity contribution >= 4 is 0 Å². The Morgan fingerprint density at radius 2 is 2.20 bits per heavy atom. The van der Waals surface area contributed by atoms with E-state index in [1.165, 1.54) is 11.1 Å². The summed E-state index contributed by atoms with van der Waals surface area (Å²) < 4.78 is 7.19. The summed E-state index contributed by atoms with van der Waals surface area (Å²) in [7, 11) is 0. The molecule has 1 aliphatic rings. The molecule has 3 rings (SSSR count). The van der Waals surface area contributed by atoms with Crippen LogP contribution in [0.2, 0.25) is 0 Å². The molecule has 4 heteroatoms. The van der Waals surface area contributed by atoms with Gasteiger partial charge in [0.25, 0.3) is 5.56 Å². The number of hydrogen-bond acceptors (Lipinski definition) is 3. The number of hydrogen-bond donors (Lipinski definition) is 0. The van der Waals surface area contributed by atoms with Gasteiger partial charge in [0.1, 0.15) is 5.75 Å². The molecule has 20 heavy (non-hydrogen) atoms. The number of rotatable bonds is 3. The predicted molar refractivity (Wildman–Crippen MR) is 77.3 cm³/mol. The van der Waals surface area contributed by atoms with E-state index in [-0.39, 0.29) is 5.56 Å². The Morgan fingerprint density at radius 1 is 1.35 bits per heavy atom. The standard InChI is InChI=1S/C16H18N2O2/c1-11-12(2)17-10-18(16(11)19)7-5-13-3-4-15-14(9-13)6-8-20-15/h3-4,9-10H,5-8H2,1-2H3. The van der Waals surface area contributed by atoms with Crippen molar-refractivity contribution in [3.05, 3.63) is 57.3 Å². The van der Waals surface area contributed by atoms with Crippen LogP contribution in [0.25, 0.3) is 0 Å². The fourth-order valence-corrected chi connectivity index (χ4v) is 2.48. The molecule has 0 aliphatic carbocycles. The molecule has 0 saturated heterocycles. The number of aryl methyl sites for hydroxylation is 3. The highest BCUT2D eigenvalue weighted by Gasteiger charge is 2.12. The normalized spacial score (nSPS) is 13.1. The third-order valence-corrected chi connectivity index (χ3v) is 3.91. The van der Waals surface area contributed by atoms with E-state index in [0.29, 0.717) is 6.54 Å². The molecule has 1 aliphatic heterocycles. The van der Waals surface area contributed by atoms with Gasteiger partial charge in [0.05, 0.1) is 12.9 Å². The first-order valence-electron chi connectivity index (χ1n) is 6.92. The number of fused-ring (bicyclic) bond motifs is 1. The molecule has 0 saturated carbocycles. The Hall–Kier alpha value is -2.10. The van der Waals surface area contributed by atoms with Crippen LogP contribution in [0.1, 0.15) is 22.4 Å². The minimum absolute atomic E-state index is 0.0574. The molecular weight excluding hydrogens is 252 g/mol. The van der Waals surface area contributed by atoms with Crippen molar-refractivity contribution in [2.24, 2.45) is 0 Å². The van der Waals surface area contributed by atoms with E-state index in [4.69, 9.17) is 4.74 Å². The zero-order valence-corrected chi connectivity index (χ0v) is 11.8. The van der Waals surface area contributed by atoms with Crippen LogP contribution in [0.4, 0.5) is 0 Å². The molecule has 2 aromatic rings. The topological polar surface area (TPSA) is 44.1 Å². The molecule has 2 heterocycles. The number of ether oxygens (including phenoxy) is 1. The third kappa shape index (κ3) is 2.33. The first-order chi connectivity index (χ1) is 9.65. The molecule has 104 valence electrons. The predicted octanol–water partition coefficient (Wildman–Crippen LogP) is 2.04. The molecule has 0 spiro atoms. The maximum absolute atomic E-state index is 12.1. The summed E-state index contributed by atoms with van der Waals surface area (Å²) in [5, 5.41) is 0. The van der Waals surface area contributed by atoms with E-state index < -0.39 is 0 Å². The SMILES string of the molecule is Cc1ncn(CCc2ccc3c(c2)CCO3)c(=O)c1C. The summed E-state index contributed by atoms with van der Waals surface area (Å²) in [5.74, 6) is 0.999. The maximum atomic E-state index is 12.1. The molecule has 0 fully saturated rings. The van der Waals surface area contributed by atoms with Crippen LogP contribution in [0.15, 0.2) is 29.3 Å². The van der Waals surface area contributed by atoms with Gasteiger partial charge in [0, 0.05) is 24.2 Å². The molecule has 0 radical (unpaired) electrons. The second-order valence-corrected chi connectivity index (χ2v) is 5.24. The van der Waals surface area contributed by atoms with Crippen LogP contribution in [-0.2, 0) is 19.4 Å². The summed E-state index contributed by atoms with van der Waals surface area (Å²) in [6, 6.07) is 6.28. The summed E-state index contributed by atoms with van der Waals surface area (Å²) in [6.07, 6.45) is 3.45. The summed E-state index contributed by atoms with van der Waals surface area (Å²) in [4.78, 5) is 16.4. The fourth-order valence-electron chi connectivity index (χ4n) is 2.48. The van der Waals surface area contributed by atoms with Gasteiger partial charge in [0.15, 0.2) is 0 Å². The lowest BCUT2D eigenvalue weighted by molar-refractivity contribution is 0.357. The van der Waals surface area contributed by atoms with Gasteiger partial charge in [-0.3, -0.25) is 9.36 Å². The zero-order chi connectivity index (χ0) is 14.1. The quantitative estimate of drug-likeness (QED) is 0.857. The Morgan fingerprint density at radius 3 is 3.05 bits per heavy atom. The second kappa shape index (κ2) is 5.12. The average Bonchev–Trinajstić information content (AvgIpc) is 2.91. The van der Waals surface area contributed by atoms with E-state index in [9.17, 15) is 4.79 Å². The highest BCUT2D eigenvalue weighted by atomic mass is 16.5. The van der Waals surface area contributed by atoms with Gasteiger partial charge in [-0.1, -0.05) is 12.1 Å². The lowest BCUT2D eigenvalue weighted by Gasteiger charge is -2.08. The van der Waals surface area contributed by atoms with Crippen molar-refractivity contribution in [1.82, 2.24) is 9.55 Å². The van der Waals surface area contributed by atoms with Crippen LogP contribution < -0.4 is 10.3 Å². The molecule has 0 amide bonds. The van der Waals surface area contributed by atoms with Crippen LogP contribution in [0.3, 0.4) is 0 Å². The molecule has 0 unspecified atom stereocenters. The van der Waals surface area contributed by atoms with Crippen molar-refractivity contribution in [3.8, 4) is 5.75 Å². The van der Waals surface area contributed by atoms with E-state index in [1.807, 2.05) is 19.9 Å². The summed E-state index contributed by atoms with van der Waals surface area (Å²) in [5.41, 5.74) is 4.10. The molecule has 1 aromatic heterocycles. The summed E-state index contributed by atoms with van der Waals surface area (Å²) in [6.45, 7) is 5.13. The average molecular weight is 270 g/mol. The Balaban J connectivity index is 1.77. The molecule has 0 bridgehead atoms. The van der Waals surface area contributed by atoms with Gasteiger partial charge in [0.2, 0.25) is 0 Å². The first-order valence-corrected chi connectivity index (χ1v) is 6.92. The van der Waals surface area contributed by atoms with Crippen LogP contribution >= 0.6 is 0 Å². The Labute approximate surface area is 118 Å². The van der Waals surface area contributed by atoms with Crippen molar-refractivity contribution in [3.63, 3.8) is 0 Å². The second-order valence-electron chi connectivity index (χ2n) is 5.24. The van der Waals surface area contributed by atoms with Gasteiger partial charge in [-0.05, 0) is 37.5 Å². The highest BCUT2D eigenvalue weighted by molar-refractivity contribution is 5.39. The van der Waals surface area contributed by atoms with Gasteiger partial charge in [-0.2, -0.15) is 0 Å². The van der Waals surface area contributed by atoms with Crippen molar-refractivity contribution in [2.45, 2.75) is 33.2 Å². The van der Waals surface area contributed by atoms with Gasteiger partial charge >= 0.3 is 0 Å². The number of aromatic nitrogens is 2. The largest absolute Gasteiger partial charge is 0.493 e. The van der Waals surface area contributed by atoms with E-state index in [2.05, 4.69) is 17.1 Å². The Kier molecular flexibility index (Phi) is 3.30. The molecule has 4 nitrogen and oxygen atoms in total. The van der Waals surface area contributed by atoms with Gasteiger partial charge in [-0.15, -0.1) is 0 Å². The number of nitrogens with zero attached hydrogens (tertiary/aromatic N) is 2. The zero-order valence-electron chi connectivity index (χ0n) is 11.8. The minimum atomic E-state index is 0.0574. The van der Waals surface area contributed by atoms with Crippen molar-refractivity contribution < 1.29 is 4.74 Å². The smallest absolute Gasteiger partial charge is 0.256 e.